The minimum atomic E-state index is -4.86. The molecule has 13 heteroatoms. The highest BCUT2D eigenvalue weighted by Crippen LogP contribution is 2.31. The average molecular weight is 567 g/mol. The van der Waals surface area contributed by atoms with Gasteiger partial charge < -0.3 is 19.2 Å². The molecular formula is C26H26ClF3N4O5. The van der Waals surface area contributed by atoms with Gasteiger partial charge in [-0.2, -0.15) is 5.10 Å². The third kappa shape index (κ3) is 7.64. The van der Waals surface area contributed by atoms with Gasteiger partial charge in [-0.3, -0.25) is 4.79 Å². The number of aromatic nitrogens is 2. The number of carbonyl (C=O) groups excluding carboxylic acids is 2. The van der Waals surface area contributed by atoms with E-state index >= 15 is 0 Å². The van der Waals surface area contributed by atoms with E-state index in [2.05, 4.69) is 9.84 Å². The van der Waals surface area contributed by atoms with Crippen molar-refractivity contribution in [2.75, 3.05) is 26.2 Å². The first kappa shape index (κ1) is 28.2. The van der Waals surface area contributed by atoms with Gasteiger partial charge in [-0.1, -0.05) is 29.8 Å². The number of ether oxygens (including phenoxy) is 2. The predicted molar refractivity (Wildman–Crippen MR) is 135 cm³/mol. The molecule has 0 N–H and O–H groups in total. The van der Waals surface area contributed by atoms with Crippen LogP contribution in [0.2, 0.25) is 5.02 Å². The maximum Gasteiger partial charge on any atom is 0.573 e. The highest BCUT2D eigenvalue weighted by Gasteiger charge is 2.32. The summed E-state index contributed by atoms with van der Waals surface area (Å²) in [5, 5.41) is 6.30. The Kier molecular flexibility index (Phi) is 8.07. The number of halogens is 4. The third-order valence-corrected chi connectivity index (χ3v) is 5.70. The Morgan fingerprint density at radius 1 is 0.949 bits per heavy atom. The summed E-state index contributed by atoms with van der Waals surface area (Å²) in [6.07, 6.45) is -5.69. The highest BCUT2D eigenvalue weighted by atomic mass is 35.5. The molecule has 1 aliphatic rings. The van der Waals surface area contributed by atoms with Crippen molar-refractivity contribution in [3.05, 3.63) is 65.3 Å². The highest BCUT2D eigenvalue weighted by molar-refractivity contribution is 6.30. The van der Waals surface area contributed by atoms with Gasteiger partial charge in [-0.25, -0.2) is 9.48 Å². The number of alkyl halides is 3. The second-order valence-corrected chi connectivity index (χ2v) is 10.1. The zero-order valence-corrected chi connectivity index (χ0v) is 22.1. The van der Waals surface area contributed by atoms with Gasteiger partial charge in [0.25, 0.3) is 5.91 Å². The van der Waals surface area contributed by atoms with Crippen LogP contribution in [0.15, 0.2) is 54.6 Å². The van der Waals surface area contributed by atoms with Gasteiger partial charge in [-0.05, 0) is 57.2 Å². The van der Waals surface area contributed by atoms with Gasteiger partial charge in [0.1, 0.15) is 11.4 Å². The molecule has 1 aliphatic heterocycles. The number of piperazine rings is 1. The number of hydrogen-bond donors (Lipinski definition) is 0. The van der Waals surface area contributed by atoms with Gasteiger partial charge in [0, 0.05) is 23.7 Å². The fourth-order valence-corrected chi connectivity index (χ4v) is 4.05. The Morgan fingerprint density at radius 3 is 2.28 bits per heavy atom. The largest absolute Gasteiger partial charge is 0.573 e. The number of carbonyl (C=O) groups is 2. The van der Waals surface area contributed by atoms with Crippen LogP contribution in [-0.4, -0.2) is 69.9 Å². The Labute approximate surface area is 227 Å². The maximum absolute atomic E-state index is 13.4. The van der Waals surface area contributed by atoms with E-state index in [1.54, 1.807) is 56.0 Å². The Balaban J connectivity index is 1.57. The van der Waals surface area contributed by atoms with E-state index in [1.807, 2.05) is 0 Å². The van der Waals surface area contributed by atoms with Gasteiger partial charge in [-0.15, -0.1) is 18.2 Å². The molecule has 0 aliphatic carbocycles. The summed E-state index contributed by atoms with van der Waals surface area (Å²) in [5.74, 6) is -0.801. The minimum Gasteiger partial charge on any atom is -0.427 e. The van der Waals surface area contributed by atoms with Crippen LogP contribution in [0.3, 0.4) is 0 Å². The summed E-state index contributed by atoms with van der Waals surface area (Å²) in [7, 11) is 0. The number of amides is 1. The zero-order valence-electron chi connectivity index (χ0n) is 21.4. The van der Waals surface area contributed by atoms with Crippen LogP contribution in [0.4, 0.5) is 18.0 Å². The molecule has 0 unspecified atom stereocenters. The summed E-state index contributed by atoms with van der Waals surface area (Å²) in [6, 6.07) is 13.6. The summed E-state index contributed by atoms with van der Waals surface area (Å²) in [5.41, 5.74) is 0.592. The summed E-state index contributed by atoms with van der Waals surface area (Å²) < 4.78 is 49.1. The van der Waals surface area contributed by atoms with Crippen molar-refractivity contribution in [3.8, 4) is 22.7 Å². The predicted octanol–water partition coefficient (Wildman–Crippen LogP) is 5.72. The average Bonchev–Trinajstić information content (AvgIpc) is 3.28. The quantitative estimate of drug-likeness (QED) is 0.365. The molecule has 0 spiro atoms. The molecule has 1 fully saturated rings. The van der Waals surface area contributed by atoms with Crippen molar-refractivity contribution in [2.45, 2.75) is 32.7 Å². The molecule has 2 aromatic carbocycles. The first-order valence-electron chi connectivity index (χ1n) is 11.9. The summed E-state index contributed by atoms with van der Waals surface area (Å²) >= 11 is 6.16. The first-order chi connectivity index (χ1) is 18.3. The molecule has 0 radical (unpaired) electrons. The van der Waals surface area contributed by atoms with Gasteiger partial charge in [0.05, 0.1) is 24.5 Å². The standard InChI is InChI=1S/C26H26ClF3N4O5/c1-25(2,3)38-24(36)39-33-12-10-32(11-13-33)23(35)21-16-22(34(31-21)19-8-5-7-18(27)15-19)17-6-4-9-20(14-17)37-26(28,29)30/h4-9,14-16H,10-13H2,1-3H3. The SMILES string of the molecule is CC(C)(C)OC(=O)ON1CCN(C(=O)c2cc(-c3cccc(OC(F)(F)F)c3)n(-c3cccc(Cl)c3)n2)CC1. The second-order valence-electron chi connectivity index (χ2n) is 9.66. The van der Waals surface area contributed by atoms with E-state index in [1.165, 1.54) is 34.0 Å². The van der Waals surface area contributed by atoms with Crippen LogP contribution in [0.5, 0.6) is 5.75 Å². The Morgan fingerprint density at radius 2 is 1.64 bits per heavy atom. The topological polar surface area (TPSA) is 86.1 Å². The van der Waals surface area contributed by atoms with Crippen LogP contribution in [0.25, 0.3) is 16.9 Å². The van der Waals surface area contributed by atoms with Gasteiger partial charge in [0.2, 0.25) is 0 Å². The molecule has 1 aromatic heterocycles. The zero-order chi connectivity index (χ0) is 28.4. The lowest BCUT2D eigenvalue weighted by Crippen LogP contribution is -2.49. The number of hydroxylamine groups is 2. The van der Waals surface area contributed by atoms with Crippen LogP contribution in [0.1, 0.15) is 31.3 Å². The second kappa shape index (κ2) is 11.1. The van der Waals surface area contributed by atoms with Crippen molar-refractivity contribution in [2.24, 2.45) is 0 Å². The van der Waals surface area contributed by atoms with E-state index in [9.17, 15) is 22.8 Å². The lowest BCUT2D eigenvalue weighted by atomic mass is 10.1. The number of benzene rings is 2. The van der Waals surface area contributed by atoms with Crippen LogP contribution in [-0.2, 0) is 9.57 Å². The van der Waals surface area contributed by atoms with Gasteiger partial charge in [0.15, 0.2) is 5.69 Å². The lowest BCUT2D eigenvalue weighted by Gasteiger charge is -2.33. The van der Waals surface area contributed by atoms with Gasteiger partial charge >= 0.3 is 12.5 Å². The lowest BCUT2D eigenvalue weighted by molar-refractivity contribution is -0.274. The molecule has 3 aromatic rings. The summed E-state index contributed by atoms with van der Waals surface area (Å²) in [4.78, 5) is 32.1. The first-order valence-corrected chi connectivity index (χ1v) is 12.3. The maximum atomic E-state index is 13.4. The molecule has 0 atom stereocenters. The van der Waals surface area contributed by atoms with Crippen molar-refractivity contribution in [1.29, 1.82) is 0 Å². The van der Waals surface area contributed by atoms with Crippen molar-refractivity contribution in [1.82, 2.24) is 19.7 Å². The van der Waals surface area contributed by atoms with E-state index in [0.717, 1.165) is 0 Å². The van der Waals surface area contributed by atoms with Crippen molar-refractivity contribution in [3.63, 3.8) is 0 Å². The summed E-state index contributed by atoms with van der Waals surface area (Å²) in [6.45, 7) is 6.17. The molecule has 0 saturated carbocycles. The molecule has 0 bridgehead atoms. The number of nitrogens with zero attached hydrogens (tertiary/aromatic N) is 4. The molecular weight excluding hydrogens is 541 g/mol. The van der Waals surface area contributed by atoms with E-state index in [-0.39, 0.29) is 31.9 Å². The fourth-order valence-electron chi connectivity index (χ4n) is 3.87. The van der Waals surface area contributed by atoms with E-state index in [0.29, 0.717) is 22.0 Å². The molecule has 208 valence electrons. The van der Waals surface area contributed by atoms with Crippen LogP contribution in [0, 0.1) is 0 Å². The molecule has 2 heterocycles. The Bertz CT molecular complexity index is 1350. The van der Waals surface area contributed by atoms with Crippen molar-refractivity contribution >= 4 is 23.7 Å². The normalized spacial score (nSPS) is 14.7. The van der Waals surface area contributed by atoms with Crippen LogP contribution >= 0.6 is 11.6 Å². The van der Waals surface area contributed by atoms with E-state index in [4.69, 9.17) is 21.2 Å². The fraction of sp³-hybridized carbons (Fsp3) is 0.346. The molecule has 9 nitrogen and oxygen atoms in total. The molecule has 39 heavy (non-hydrogen) atoms. The monoisotopic (exact) mass is 566 g/mol. The number of rotatable bonds is 5. The molecule has 1 saturated heterocycles. The number of hydrogen-bond acceptors (Lipinski definition) is 7. The van der Waals surface area contributed by atoms with Crippen LogP contribution < -0.4 is 4.74 Å². The van der Waals surface area contributed by atoms with Crippen molar-refractivity contribution < 1.29 is 37.1 Å². The molecule has 1 amide bonds. The van der Waals surface area contributed by atoms with E-state index < -0.39 is 29.8 Å². The smallest absolute Gasteiger partial charge is 0.427 e. The third-order valence-electron chi connectivity index (χ3n) is 5.46. The minimum absolute atomic E-state index is 0.0774. The Hall–Kier alpha value is -3.77. The molecule has 4 rings (SSSR count).